The maximum atomic E-state index is 5.42. The molecule has 1 aromatic rings. The predicted molar refractivity (Wildman–Crippen MR) is 84.6 cm³/mol. The van der Waals surface area contributed by atoms with Gasteiger partial charge in [-0.05, 0) is 45.2 Å². The lowest BCUT2D eigenvalue weighted by atomic mass is 10.1. The van der Waals surface area contributed by atoms with Gasteiger partial charge in [0.1, 0.15) is 6.10 Å². The molecule has 0 aromatic carbocycles. The summed E-state index contributed by atoms with van der Waals surface area (Å²) < 4.78 is 10.4. The zero-order chi connectivity index (χ0) is 15.7. The van der Waals surface area contributed by atoms with Gasteiger partial charge < -0.3 is 14.8 Å². The van der Waals surface area contributed by atoms with Crippen LogP contribution in [0.5, 0.6) is 0 Å². The number of rotatable bonds is 10. The van der Waals surface area contributed by atoms with Crippen molar-refractivity contribution >= 4 is 0 Å². The maximum Gasteiger partial charge on any atom is 0.157 e. The molecule has 0 spiro atoms. The minimum Gasteiger partial charge on any atom is -0.383 e. The summed E-state index contributed by atoms with van der Waals surface area (Å²) in [6, 6.07) is 0. The second-order valence-electron chi connectivity index (χ2n) is 5.21. The van der Waals surface area contributed by atoms with E-state index in [0.29, 0.717) is 0 Å². The van der Waals surface area contributed by atoms with Gasteiger partial charge in [0, 0.05) is 32.2 Å². The van der Waals surface area contributed by atoms with E-state index in [2.05, 4.69) is 36.1 Å². The van der Waals surface area contributed by atoms with Crippen LogP contribution in [0.15, 0.2) is 0 Å². The second-order valence-corrected chi connectivity index (χ2v) is 5.21. The van der Waals surface area contributed by atoms with Crippen molar-refractivity contribution < 1.29 is 9.47 Å². The minimum absolute atomic E-state index is 0.00726. The Bertz CT molecular complexity index is 397. The van der Waals surface area contributed by atoms with E-state index in [1.54, 1.807) is 14.2 Å². The Labute approximate surface area is 128 Å². The molecule has 0 radical (unpaired) electrons. The van der Waals surface area contributed by atoms with Gasteiger partial charge in [-0.1, -0.05) is 6.92 Å². The Morgan fingerprint density at radius 2 is 1.76 bits per heavy atom. The number of aryl methyl sites for hydroxylation is 2. The van der Waals surface area contributed by atoms with Gasteiger partial charge in [-0.3, -0.25) is 0 Å². The molecule has 1 unspecified atom stereocenters. The van der Waals surface area contributed by atoms with E-state index in [9.17, 15) is 0 Å². The molecular weight excluding hydrogens is 266 g/mol. The average Bonchev–Trinajstić information content (AvgIpc) is 2.46. The van der Waals surface area contributed by atoms with Crippen LogP contribution < -0.4 is 5.32 Å². The molecule has 1 atom stereocenters. The van der Waals surface area contributed by atoms with Crippen molar-refractivity contribution in [2.75, 3.05) is 33.9 Å². The third-order valence-corrected chi connectivity index (χ3v) is 3.64. The summed E-state index contributed by atoms with van der Waals surface area (Å²) in [5.74, 6) is 0.803. The molecule has 0 amide bonds. The number of aromatic nitrogens is 2. The fourth-order valence-electron chi connectivity index (χ4n) is 2.42. The van der Waals surface area contributed by atoms with Gasteiger partial charge in [0.15, 0.2) is 5.82 Å². The van der Waals surface area contributed by atoms with E-state index in [1.807, 2.05) is 0 Å². The highest BCUT2D eigenvalue weighted by molar-refractivity contribution is 5.25. The molecule has 0 saturated carbocycles. The normalized spacial score (nSPS) is 12.6. The predicted octanol–water partition coefficient (Wildman–Crippen LogP) is 2.36. The van der Waals surface area contributed by atoms with Gasteiger partial charge in [-0.15, -0.1) is 0 Å². The van der Waals surface area contributed by atoms with Crippen LogP contribution in [-0.4, -0.2) is 43.9 Å². The number of nitrogens with one attached hydrogen (secondary N) is 1. The highest BCUT2D eigenvalue weighted by atomic mass is 16.5. The molecule has 0 bridgehead atoms. The highest BCUT2D eigenvalue weighted by Crippen LogP contribution is 2.20. The van der Waals surface area contributed by atoms with Gasteiger partial charge in [0.05, 0.1) is 6.61 Å². The number of hydrogen-bond acceptors (Lipinski definition) is 5. The van der Waals surface area contributed by atoms with Gasteiger partial charge in [-0.25, -0.2) is 9.97 Å². The van der Waals surface area contributed by atoms with Crippen LogP contribution >= 0.6 is 0 Å². The number of nitrogens with zero attached hydrogens (tertiary/aromatic N) is 2. The smallest absolute Gasteiger partial charge is 0.157 e. The zero-order valence-electron chi connectivity index (χ0n) is 14.0. The highest BCUT2D eigenvalue weighted by Gasteiger charge is 2.15. The van der Waals surface area contributed by atoms with Crippen molar-refractivity contribution in [1.29, 1.82) is 0 Å². The molecule has 5 heteroatoms. The molecule has 5 nitrogen and oxygen atoms in total. The van der Waals surface area contributed by atoms with Crippen LogP contribution in [0.25, 0.3) is 0 Å². The van der Waals surface area contributed by atoms with E-state index < -0.39 is 0 Å². The molecule has 1 aromatic heterocycles. The van der Waals surface area contributed by atoms with E-state index in [4.69, 9.17) is 9.47 Å². The molecule has 0 saturated heterocycles. The SMILES string of the molecule is CCC(OC)c1nc(C)c(CCCNCCOC)c(C)n1. The van der Waals surface area contributed by atoms with Crippen molar-refractivity contribution in [3.8, 4) is 0 Å². The van der Waals surface area contributed by atoms with Gasteiger partial charge >= 0.3 is 0 Å². The van der Waals surface area contributed by atoms with Crippen molar-refractivity contribution in [3.05, 3.63) is 22.8 Å². The first-order valence-corrected chi connectivity index (χ1v) is 7.70. The quantitative estimate of drug-likeness (QED) is 0.672. The van der Waals surface area contributed by atoms with E-state index in [-0.39, 0.29) is 6.10 Å². The molecule has 1 heterocycles. The minimum atomic E-state index is -0.00726. The van der Waals surface area contributed by atoms with Gasteiger partial charge in [0.25, 0.3) is 0 Å². The van der Waals surface area contributed by atoms with Gasteiger partial charge in [0.2, 0.25) is 0 Å². The maximum absolute atomic E-state index is 5.42. The summed E-state index contributed by atoms with van der Waals surface area (Å²) in [7, 11) is 3.43. The van der Waals surface area contributed by atoms with E-state index >= 15 is 0 Å². The Hall–Kier alpha value is -1.04. The van der Waals surface area contributed by atoms with Crippen LogP contribution in [0.1, 0.15) is 48.6 Å². The topological polar surface area (TPSA) is 56.3 Å². The molecule has 0 aliphatic rings. The summed E-state index contributed by atoms with van der Waals surface area (Å²) in [5, 5.41) is 3.36. The fraction of sp³-hybridized carbons (Fsp3) is 0.750. The van der Waals surface area contributed by atoms with Crippen molar-refractivity contribution in [2.24, 2.45) is 0 Å². The monoisotopic (exact) mass is 295 g/mol. The molecule has 1 rings (SSSR count). The molecule has 0 aliphatic heterocycles. The molecule has 120 valence electrons. The van der Waals surface area contributed by atoms with Crippen LogP contribution in [0.3, 0.4) is 0 Å². The van der Waals surface area contributed by atoms with Crippen molar-refractivity contribution in [3.63, 3.8) is 0 Å². The molecule has 0 fully saturated rings. The first kappa shape index (κ1) is 18.0. The largest absolute Gasteiger partial charge is 0.383 e. The van der Waals surface area contributed by atoms with E-state index in [0.717, 1.165) is 56.2 Å². The molecule has 1 N–H and O–H groups in total. The second kappa shape index (κ2) is 9.82. The number of ether oxygens (including phenoxy) is 2. The first-order valence-electron chi connectivity index (χ1n) is 7.70. The lowest BCUT2D eigenvalue weighted by Crippen LogP contribution is -2.21. The summed E-state index contributed by atoms with van der Waals surface area (Å²) in [5.41, 5.74) is 3.41. The third-order valence-electron chi connectivity index (χ3n) is 3.64. The van der Waals surface area contributed by atoms with Crippen LogP contribution in [0, 0.1) is 13.8 Å². The number of methoxy groups -OCH3 is 2. The van der Waals surface area contributed by atoms with Crippen LogP contribution in [0.2, 0.25) is 0 Å². The average molecular weight is 295 g/mol. The van der Waals surface area contributed by atoms with Crippen molar-refractivity contribution in [2.45, 2.75) is 46.1 Å². The standard InChI is InChI=1S/C16H29N3O2/c1-6-15(21-5)16-18-12(2)14(13(3)19-16)8-7-9-17-10-11-20-4/h15,17H,6-11H2,1-5H3. The van der Waals surface area contributed by atoms with Gasteiger partial charge in [-0.2, -0.15) is 0 Å². The molecule has 21 heavy (non-hydrogen) atoms. The van der Waals surface area contributed by atoms with Crippen LogP contribution in [0.4, 0.5) is 0 Å². The summed E-state index contributed by atoms with van der Waals surface area (Å²) >= 11 is 0. The fourth-order valence-corrected chi connectivity index (χ4v) is 2.42. The van der Waals surface area contributed by atoms with E-state index in [1.165, 1.54) is 5.56 Å². The first-order chi connectivity index (χ1) is 10.1. The Kier molecular flexibility index (Phi) is 8.42. The third kappa shape index (κ3) is 5.69. The lowest BCUT2D eigenvalue weighted by molar-refractivity contribution is 0.0922. The molecular formula is C16H29N3O2. The summed E-state index contributed by atoms with van der Waals surface area (Å²) in [4.78, 5) is 9.26. The zero-order valence-corrected chi connectivity index (χ0v) is 14.0. The Morgan fingerprint density at radius 1 is 1.10 bits per heavy atom. The summed E-state index contributed by atoms with van der Waals surface area (Å²) in [6.07, 6.45) is 2.96. The summed E-state index contributed by atoms with van der Waals surface area (Å²) in [6.45, 7) is 8.85. The van der Waals surface area contributed by atoms with Crippen molar-refractivity contribution in [1.82, 2.24) is 15.3 Å². The Balaban J connectivity index is 2.59. The van der Waals surface area contributed by atoms with Crippen LogP contribution in [-0.2, 0) is 15.9 Å². The molecule has 0 aliphatic carbocycles. The number of hydrogen-bond donors (Lipinski definition) is 1. The lowest BCUT2D eigenvalue weighted by Gasteiger charge is -2.16. The Morgan fingerprint density at radius 3 is 2.29 bits per heavy atom.